The van der Waals surface area contributed by atoms with Crippen LogP contribution in [-0.4, -0.2) is 31.9 Å². The van der Waals surface area contributed by atoms with Gasteiger partial charge in [-0.3, -0.25) is 4.79 Å². The molecule has 1 N–H and O–H groups in total. The zero-order valence-electron chi connectivity index (χ0n) is 15.9. The zero-order valence-corrected chi connectivity index (χ0v) is 16.7. The van der Waals surface area contributed by atoms with E-state index in [9.17, 15) is 13.2 Å². The SMILES string of the molecule is COc1cc(C)c(C)cc1S(=O)(=O)NCCn1nc2c(cc1=O)CCCC2. The molecule has 0 fully saturated rings. The molecule has 7 nitrogen and oxygen atoms in total. The van der Waals surface area contributed by atoms with E-state index in [1.165, 1.54) is 11.8 Å². The molecular formula is C19H25N3O4S. The first-order valence-corrected chi connectivity index (χ1v) is 10.5. The Labute approximate surface area is 159 Å². The third-order valence-corrected chi connectivity index (χ3v) is 6.44. The highest BCUT2D eigenvalue weighted by Crippen LogP contribution is 2.27. The van der Waals surface area contributed by atoms with Crippen LogP contribution in [0, 0.1) is 13.8 Å². The van der Waals surface area contributed by atoms with Gasteiger partial charge in [0.1, 0.15) is 10.6 Å². The van der Waals surface area contributed by atoms with E-state index in [1.54, 1.807) is 18.2 Å². The third kappa shape index (κ3) is 4.22. The molecule has 0 aliphatic heterocycles. The van der Waals surface area contributed by atoms with Gasteiger partial charge >= 0.3 is 0 Å². The van der Waals surface area contributed by atoms with Crippen LogP contribution >= 0.6 is 0 Å². The molecule has 0 spiro atoms. The summed E-state index contributed by atoms with van der Waals surface area (Å²) < 4.78 is 34.5. The highest BCUT2D eigenvalue weighted by Gasteiger charge is 2.20. The standard InChI is InChI=1S/C19H25N3O4S/c1-13-10-17(26-3)18(11-14(13)2)27(24,25)20-8-9-22-19(23)12-15-6-4-5-7-16(15)21-22/h10-12,20H,4-9H2,1-3H3. The second kappa shape index (κ2) is 7.82. The summed E-state index contributed by atoms with van der Waals surface area (Å²) in [5.74, 6) is 0.301. The van der Waals surface area contributed by atoms with Crippen molar-refractivity contribution in [1.82, 2.24) is 14.5 Å². The molecule has 0 unspecified atom stereocenters. The number of rotatable bonds is 6. The lowest BCUT2D eigenvalue weighted by atomic mass is 9.97. The summed E-state index contributed by atoms with van der Waals surface area (Å²) in [6, 6.07) is 4.93. The Balaban J connectivity index is 1.75. The summed E-state index contributed by atoms with van der Waals surface area (Å²) in [7, 11) is -2.32. The van der Waals surface area contributed by atoms with Crippen molar-refractivity contribution in [2.45, 2.75) is 51.0 Å². The lowest BCUT2D eigenvalue weighted by Crippen LogP contribution is -2.33. The molecule has 0 atom stereocenters. The van der Waals surface area contributed by atoms with Crippen LogP contribution in [0.3, 0.4) is 0 Å². The van der Waals surface area contributed by atoms with E-state index < -0.39 is 10.0 Å². The fourth-order valence-electron chi connectivity index (χ4n) is 3.26. The first-order valence-electron chi connectivity index (χ1n) is 9.06. The van der Waals surface area contributed by atoms with Crippen LogP contribution in [-0.2, 0) is 29.4 Å². The van der Waals surface area contributed by atoms with Gasteiger partial charge in [0.2, 0.25) is 10.0 Å². The number of hydrogen-bond donors (Lipinski definition) is 1. The fourth-order valence-corrected chi connectivity index (χ4v) is 4.51. The molecule has 2 aromatic rings. The van der Waals surface area contributed by atoms with Gasteiger partial charge in [-0.1, -0.05) is 0 Å². The van der Waals surface area contributed by atoms with Crippen molar-refractivity contribution in [1.29, 1.82) is 0 Å². The highest BCUT2D eigenvalue weighted by atomic mass is 32.2. The van der Waals surface area contributed by atoms with E-state index in [2.05, 4.69) is 9.82 Å². The van der Waals surface area contributed by atoms with Gasteiger partial charge in [0.25, 0.3) is 5.56 Å². The van der Waals surface area contributed by atoms with Gasteiger partial charge in [-0.2, -0.15) is 5.10 Å². The van der Waals surface area contributed by atoms with Gasteiger partial charge < -0.3 is 4.74 Å². The van der Waals surface area contributed by atoms with Crippen LogP contribution in [0.5, 0.6) is 5.75 Å². The quantitative estimate of drug-likeness (QED) is 0.810. The lowest BCUT2D eigenvalue weighted by Gasteiger charge is -2.16. The molecule has 1 aliphatic rings. The number of methoxy groups -OCH3 is 1. The first kappa shape index (κ1) is 19.6. The average molecular weight is 391 g/mol. The van der Waals surface area contributed by atoms with Gasteiger partial charge in [-0.25, -0.2) is 17.8 Å². The Kier molecular flexibility index (Phi) is 5.67. The van der Waals surface area contributed by atoms with Crippen LogP contribution in [0.2, 0.25) is 0 Å². The second-order valence-electron chi connectivity index (χ2n) is 6.87. The Hall–Kier alpha value is -2.19. The fraction of sp³-hybridized carbons (Fsp3) is 0.474. The molecule has 0 radical (unpaired) electrons. The van der Waals surface area contributed by atoms with Crippen molar-refractivity contribution >= 4 is 10.0 Å². The molecule has 1 aliphatic carbocycles. The number of nitrogens with one attached hydrogen (secondary N) is 1. The Morgan fingerprint density at radius 1 is 1.15 bits per heavy atom. The molecule has 0 saturated carbocycles. The number of ether oxygens (including phenoxy) is 1. The monoisotopic (exact) mass is 391 g/mol. The molecule has 1 aromatic heterocycles. The number of aryl methyl sites for hydroxylation is 4. The molecule has 1 heterocycles. The number of fused-ring (bicyclic) bond motifs is 1. The maximum absolute atomic E-state index is 12.7. The van der Waals surface area contributed by atoms with E-state index in [0.717, 1.165) is 48.1 Å². The Bertz CT molecular complexity index is 1010. The van der Waals surface area contributed by atoms with Crippen LogP contribution in [0.1, 0.15) is 35.2 Å². The number of benzene rings is 1. The number of nitrogens with zero attached hydrogens (tertiary/aromatic N) is 2. The smallest absolute Gasteiger partial charge is 0.267 e. The highest BCUT2D eigenvalue weighted by molar-refractivity contribution is 7.89. The summed E-state index contributed by atoms with van der Waals surface area (Å²) >= 11 is 0. The molecule has 3 rings (SSSR count). The van der Waals surface area contributed by atoms with Gasteiger partial charge in [0.15, 0.2) is 0 Å². The minimum atomic E-state index is -3.76. The normalized spacial score (nSPS) is 14.0. The van der Waals surface area contributed by atoms with E-state index >= 15 is 0 Å². The molecule has 0 saturated heterocycles. The maximum atomic E-state index is 12.7. The summed E-state index contributed by atoms with van der Waals surface area (Å²) in [5.41, 5.74) is 3.58. The van der Waals surface area contributed by atoms with Crippen LogP contribution in [0.15, 0.2) is 27.9 Å². The zero-order chi connectivity index (χ0) is 19.6. The van der Waals surface area contributed by atoms with Gasteiger partial charge in [0.05, 0.1) is 19.3 Å². The first-order chi connectivity index (χ1) is 12.8. The van der Waals surface area contributed by atoms with Crippen LogP contribution in [0.4, 0.5) is 0 Å². The minimum absolute atomic E-state index is 0.0735. The second-order valence-corrected chi connectivity index (χ2v) is 8.61. The van der Waals surface area contributed by atoms with Crippen molar-refractivity contribution in [3.63, 3.8) is 0 Å². The van der Waals surface area contributed by atoms with Crippen molar-refractivity contribution in [3.05, 3.63) is 50.9 Å². The topological polar surface area (TPSA) is 90.3 Å². The summed E-state index contributed by atoms with van der Waals surface area (Å²) in [6.07, 6.45) is 3.89. The predicted octanol–water partition coefficient (Wildman–Crippen LogP) is 1.73. The van der Waals surface area contributed by atoms with Crippen LogP contribution in [0.25, 0.3) is 0 Å². The molecule has 1 aromatic carbocycles. The summed E-state index contributed by atoms with van der Waals surface area (Å²) in [4.78, 5) is 12.3. The average Bonchev–Trinajstić information content (AvgIpc) is 2.63. The lowest BCUT2D eigenvalue weighted by molar-refractivity contribution is 0.401. The Morgan fingerprint density at radius 3 is 2.59 bits per heavy atom. The number of hydrogen-bond acceptors (Lipinski definition) is 5. The molecule has 27 heavy (non-hydrogen) atoms. The molecular weight excluding hydrogens is 366 g/mol. The minimum Gasteiger partial charge on any atom is -0.495 e. The van der Waals surface area contributed by atoms with Crippen molar-refractivity contribution < 1.29 is 13.2 Å². The van der Waals surface area contributed by atoms with E-state index in [0.29, 0.717) is 5.75 Å². The number of sulfonamides is 1. The summed E-state index contributed by atoms with van der Waals surface area (Å²) in [5, 5.41) is 4.41. The maximum Gasteiger partial charge on any atom is 0.267 e. The van der Waals surface area contributed by atoms with Crippen molar-refractivity contribution in [2.75, 3.05) is 13.7 Å². The molecule has 0 bridgehead atoms. The summed E-state index contributed by atoms with van der Waals surface area (Å²) in [6.45, 7) is 4.00. The van der Waals surface area contributed by atoms with Crippen molar-refractivity contribution in [3.8, 4) is 5.75 Å². The van der Waals surface area contributed by atoms with Crippen LogP contribution < -0.4 is 15.0 Å². The largest absolute Gasteiger partial charge is 0.495 e. The number of aromatic nitrogens is 2. The predicted molar refractivity (Wildman–Crippen MR) is 103 cm³/mol. The van der Waals surface area contributed by atoms with E-state index in [-0.39, 0.29) is 23.5 Å². The van der Waals surface area contributed by atoms with Gasteiger partial charge in [0, 0.05) is 12.6 Å². The molecule has 146 valence electrons. The van der Waals surface area contributed by atoms with Gasteiger partial charge in [-0.15, -0.1) is 0 Å². The van der Waals surface area contributed by atoms with E-state index in [1.807, 2.05) is 13.8 Å². The van der Waals surface area contributed by atoms with E-state index in [4.69, 9.17) is 4.74 Å². The van der Waals surface area contributed by atoms with Gasteiger partial charge in [-0.05, 0) is 68.4 Å². The molecule has 8 heteroatoms. The molecule has 0 amide bonds. The van der Waals surface area contributed by atoms with Crippen molar-refractivity contribution in [2.24, 2.45) is 0 Å². The third-order valence-electron chi connectivity index (χ3n) is 4.96. The Morgan fingerprint density at radius 2 is 1.85 bits per heavy atom.